The van der Waals surface area contributed by atoms with Gasteiger partial charge in [0.05, 0.1) is 5.56 Å². The molecule has 3 aromatic rings. The van der Waals surface area contributed by atoms with Crippen molar-refractivity contribution in [3.63, 3.8) is 0 Å². The Labute approximate surface area is 175 Å². The third-order valence-corrected chi connectivity index (χ3v) is 5.53. The minimum absolute atomic E-state index is 0.000134. The summed E-state index contributed by atoms with van der Waals surface area (Å²) in [7, 11) is 3.51. The minimum Gasteiger partial charge on any atom is -0.331 e. The lowest BCUT2D eigenvalue weighted by Gasteiger charge is -2.21. The summed E-state index contributed by atoms with van der Waals surface area (Å²) >= 11 is 0. The normalized spacial score (nSPS) is 16.1. The number of amides is 3. The molecule has 0 unspecified atom stereocenters. The number of rotatable bonds is 3. The summed E-state index contributed by atoms with van der Waals surface area (Å²) in [6, 6.07) is 9.48. The first kappa shape index (κ1) is 19.9. The molecule has 1 aliphatic rings. The van der Waals surface area contributed by atoms with Crippen molar-refractivity contribution in [2.24, 2.45) is 0 Å². The molecule has 0 spiro atoms. The topological polar surface area (TPSA) is 82.8 Å². The predicted molar refractivity (Wildman–Crippen MR) is 115 cm³/mol. The number of aromatic nitrogens is 3. The van der Waals surface area contributed by atoms with Crippen molar-refractivity contribution in [2.45, 2.75) is 26.2 Å². The minimum atomic E-state index is -0.181. The summed E-state index contributed by atoms with van der Waals surface area (Å²) in [4.78, 5) is 28.5. The molecule has 3 heterocycles. The molecule has 8 heteroatoms. The maximum Gasteiger partial charge on any atom is 0.319 e. The number of hydrogen-bond acceptors (Lipinski definition) is 4. The second-order valence-corrected chi connectivity index (χ2v) is 8.09. The van der Waals surface area contributed by atoms with Crippen molar-refractivity contribution in [2.75, 3.05) is 32.5 Å². The standard InChI is InChI=1S/C22H26N6O2/c1-14-5-7-18(15(2)11-14)23-21(29)17-6-8-19-24-25-20(28(19)13-17)16-9-10-27(12-16)22(30)26(3)4/h5-8,11,13,16H,9-10,12H2,1-4H3,(H,23,29)/t16-/m1/s1. The van der Waals surface area contributed by atoms with Crippen LogP contribution in [0.3, 0.4) is 0 Å². The molecule has 1 aromatic carbocycles. The molecule has 2 aromatic heterocycles. The molecule has 1 fully saturated rings. The first-order chi connectivity index (χ1) is 14.3. The lowest BCUT2D eigenvalue weighted by molar-refractivity contribution is 0.102. The number of hydrogen-bond donors (Lipinski definition) is 1. The Bertz CT molecular complexity index is 1120. The Morgan fingerprint density at radius 3 is 2.67 bits per heavy atom. The van der Waals surface area contributed by atoms with Crippen molar-refractivity contribution in [1.29, 1.82) is 0 Å². The van der Waals surface area contributed by atoms with Crippen LogP contribution in [0.1, 0.15) is 39.6 Å². The van der Waals surface area contributed by atoms with E-state index in [9.17, 15) is 9.59 Å². The molecule has 0 bridgehead atoms. The van der Waals surface area contributed by atoms with Gasteiger partial charge in [0.15, 0.2) is 5.65 Å². The monoisotopic (exact) mass is 406 g/mol. The summed E-state index contributed by atoms with van der Waals surface area (Å²) in [5.41, 5.74) is 4.18. The van der Waals surface area contributed by atoms with Gasteiger partial charge in [0.1, 0.15) is 5.82 Å². The number of benzene rings is 1. The van der Waals surface area contributed by atoms with E-state index in [-0.39, 0.29) is 17.9 Å². The molecule has 30 heavy (non-hydrogen) atoms. The highest BCUT2D eigenvalue weighted by Gasteiger charge is 2.31. The van der Waals surface area contributed by atoms with Crippen LogP contribution >= 0.6 is 0 Å². The molecule has 3 amide bonds. The predicted octanol–water partition coefficient (Wildman–Crippen LogP) is 3.07. The molecule has 1 atom stereocenters. The zero-order chi connectivity index (χ0) is 21.4. The highest BCUT2D eigenvalue weighted by Crippen LogP contribution is 2.27. The number of aryl methyl sites for hydroxylation is 2. The summed E-state index contributed by atoms with van der Waals surface area (Å²) in [5, 5.41) is 11.6. The summed E-state index contributed by atoms with van der Waals surface area (Å²) < 4.78 is 1.87. The number of pyridine rings is 1. The maximum atomic E-state index is 12.8. The van der Waals surface area contributed by atoms with Crippen LogP contribution in [0.25, 0.3) is 5.65 Å². The van der Waals surface area contributed by atoms with Gasteiger partial charge >= 0.3 is 6.03 Å². The number of carbonyl (C=O) groups excluding carboxylic acids is 2. The zero-order valence-corrected chi connectivity index (χ0v) is 17.7. The molecule has 156 valence electrons. The number of nitrogens with zero attached hydrogens (tertiary/aromatic N) is 5. The van der Waals surface area contributed by atoms with Crippen molar-refractivity contribution in [3.8, 4) is 0 Å². The molecule has 0 saturated carbocycles. The Morgan fingerprint density at radius 1 is 1.13 bits per heavy atom. The second-order valence-electron chi connectivity index (χ2n) is 8.09. The van der Waals surface area contributed by atoms with Crippen LogP contribution in [-0.4, -0.2) is 63.5 Å². The average Bonchev–Trinajstić information content (AvgIpc) is 3.35. The number of likely N-dealkylation sites (tertiary alicyclic amines) is 1. The molecular weight excluding hydrogens is 380 g/mol. The van der Waals surface area contributed by atoms with E-state index < -0.39 is 0 Å². The molecule has 0 aliphatic carbocycles. The molecular formula is C22H26N6O2. The summed E-state index contributed by atoms with van der Waals surface area (Å²) in [5.74, 6) is 0.682. The van der Waals surface area contributed by atoms with Crippen molar-refractivity contribution < 1.29 is 9.59 Å². The highest BCUT2D eigenvalue weighted by atomic mass is 16.2. The first-order valence-corrected chi connectivity index (χ1v) is 10.0. The van der Waals surface area contributed by atoms with Crippen molar-refractivity contribution >= 4 is 23.3 Å². The van der Waals surface area contributed by atoms with E-state index in [1.54, 1.807) is 37.3 Å². The molecule has 4 rings (SSSR count). The Kier molecular flexibility index (Phi) is 5.15. The lowest BCUT2D eigenvalue weighted by Crippen LogP contribution is -2.37. The van der Waals surface area contributed by atoms with Crippen LogP contribution < -0.4 is 5.32 Å². The highest BCUT2D eigenvalue weighted by molar-refractivity contribution is 6.04. The molecule has 1 N–H and O–H groups in total. The zero-order valence-electron chi connectivity index (χ0n) is 17.7. The SMILES string of the molecule is Cc1ccc(NC(=O)c2ccc3nnc([C@@H]4CCN(C(=O)N(C)C)C4)n3c2)c(C)c1. The Hall–Kier alpha value is -3.42. The molecule has 1 aliphatic heterocycles. The number of urea groups is 1. The van der Waals surface area contributed by atoms with E-state index in [4.69, 9.17) is 0 Å². The van der Waals surface area contributed by atoms with Crippen LogP contribution in [0, 0.1) is 13.8 Å². The van der Waals surface area contributed by atoms with Gasteiger partial charge in [-0.1, -0.05) is 17.7 Å². The molecule has 1 saturated heterocycles. The van der Waals surface area contributed by atoms with Crippen LogP contribution in [0.4, 0.5) is 10.5 Å². The third kappa shape index (κ3) is 3.72. The van der Waals surface area contributed by atoms with Gasteiger partial charge in [-0.15, -0.1) is 10.2 Å². The smallest absolute Gasteiger partial charge is 0.319 e. The lowest BCUT2D eigenvalue weighted by atomic mass is 10.1. The number of anilines is 1. The van der Waals surface area contributed by atoms with Crippen LogP contribution in [0.5, 0.6) is 0 Å². The first-order valence-electron chi connectivity index (χ1n) is 10.0. The maximum absolute atomic E-state index is 12.8. The van der Waals surface area contributed by atoms with Gasteiger partial charge in [0.25, 0.3) is 5.91 Å². The van der Waals surface area contributed by atoms with E-state index >= 15 is 0 Å². The fourth-order valence-electron chi connectivity index (χ4n) is 3.90. The van der Waals surface area contributed by atoms with E-state index in [0.29, 0.717) is 24.3 Å². The van der Waals surface area contributed by atoms with Crippen LogP contribution in [0.15, 0.2) is 36.5 Å². The van der Waals surface area contributed by atoms with Gasteiger partial charge < -0.3 is 15.1 Å². The van der Waals surface area contributed by atoms with Gasteiger partial charge in [-0.25, -0.2) is 4.79 Å². The van der Waals surface area contributed by atoms with Gasteiger partial charge in [0.2, 0.25) is 0 Å². The second kappa shape index (κ2) is 7.78. The van der Waals surface area contributed by atoms with Crippen LogP contribution in [0.2, 0.25) is 0 Å². The Morgan fingerprint density at radius 2 is 1.93 bits per heavy atom. The number of fused-ring (bicyclic) bond motifs is 1. The van der Waals surface area contributed by atoms with E-state index in [0.717, 1.165) is 29.1 Å². The number of carbonyl (C=O) groups is 2. The van der Waals surface area contributed by atoms with Gasteiger partial charge in [0, 0.05) is 45.0 Å². The summed E-state index contributed by atoms with van der Waals surface area (Å²) in [6.07, 6.45) is 2.60. The third-order valence-electron chi connectivity index (χ3n) is 5.53. The fourth-order valence-corrected chi connectivity index (χ4v) is 3.90. The van der Waals surface area contributed by atoms with Crippen molar-refractivity contribution in [1.82, 2.24) is 24.4 Å². The van der Waals surface area contributed by atoms with Gasteiger partial charge in [-0.05, 0) is 44.0 Å². The van der Waals surface area contributed by atoms with Gasteiger partial charge in [-0.2, -0.15) is 0 Å². The van der Waals surface area contributed by atoms with E-state index in [1.807, 2.05) is 41.3 Å². The quantitative estimate of drug-likeness (QED) is 0.725. The van der Waals surface area contributed by atoms with Crippen molar-refractivity contribution in [3.05, 3.63) is 59.0 Å². The van der Waals surface area contributed by atoms with E-state index in [1.165, 1.54) is 0 Å². The number of nitrogens with one attached hydrogen (secondary N) is 1. The average molecular weight is 406 g/mol. The molecule has 8 nitrogen and oxygen atoms in total. The fraction of sp³-hybridized carbons (Fsp3) is 0.364. The molecule has 0 radical (unpaired) electrons. The van der Waals surface area contributed by atoms with Crippen LogP contribution in [-0.2, 0) is 0 Å². The van der Waals surface area contributed by atoms with Gasteiger partial charge in [-0.3, -0.25) is 9.20 Å². The largest absolute Gasteiger partial charge is 0.331 e. The van der Waals surface area contributed by atoms with E-state index in [2.05, 4.69) is 15.5 Å². The Balaban J connectivity index is 1.57. The summed E-state index contributed by atoms with van der Waals surface area (Å²) in [6.45, 7) is 5.28.